The van der Waals surface area contributed by atoms with Gasteiger partial charge < -0.3 is 5.32 Å². The number of pyridine rings is 1. The number of carbonyl (C=O) groups is 1. The lowest BCUT2D eigenvalue weighted by atomic mass is 9.84. The van der Waals surface area contributed by atoms with Crippen LogP contribution in [-0.4, -0.2) is 15.3 Å². The Morgan fingerprint density at radius 2 is 1.96 bits per heavy atom. The van der Waals surface area contributed by atoms with Crippen LogP contribution in [0.25, 0.3) is 16.9 Å². The van der Waals surface area contributed by atoms with Gasteiger partial charge in [0.25, 0.3) is 0 Å². The lowest BCUT2D eigenvalue weighted by Crippen LogP contribution is -2.19. The van der Waals surface area contributed by atoms with Crippen LogP contribution in [0.5, 0.6) is 0 Å². The Bertz CT molecular complexity index is 1000. The normalized spacial score (nSPS) is 12.9. The van der Waals surface area contributed by atoms with E-state index in [-0.39, 0.29) is 28.5 Å². The van der Waals surface area contributed by atoms with Gasteiger partial charge in [-0.3, -0.25) is 9.20 Å². The van der Waals surface area contributed by atoms with Gasteiger partial charge in [0.05, 0.1) is 0 Å². The number of benzene rings is 1. The molecule has 2 heterocycles. The van der Waals surface area contributed by atoms with E-state index in [2.05, 4.69) is 31.1 Å². The first-order chi connectivity index (χ1) is 13.1. The summed E-state index contributed by atoms with van der Waals surface area (Å²) >= 11 is 0. The van der Waals surface area contributed by atoms with Crippen LogP contribution in [0.3, 0.4) is 0 Å². The van der Waals surface area contributed by atoms with Gasteiger partial charge in [0.2, 0.25) is 5.91 Å². The van der Waals surface area contributed by atoms with E-state index in [9.17, 15) is 13.6 Å². The minimum atomic E-state index is -0.596. The van der Waals surface area contributed by atoms with Crippen molar-refractivity contribution < 1.29 is 13.6 Å². The third-order valence-electron chi connectivity index (χ3n) is 4.47. The van der Waals surface area contributed by atoms with Crippen LogP contribution < -0.4 is 5.32 Å². The topological polar surface area (TPSA) is 46.4 Å². The number of rotatable bonds is 5. The molecule has 0 aliphatic rings. The summed E-state index contributed by atoms with van der Waals surface area (Å²) < 4.78 is 29.8. The lowest BCUT2D eigenvalue weighted by Gasteiger charge is -2.22. The second-order valence-corrected chi connectivity index (χ2v) is 8.48. The molecule has 3 rings (SSSR count). The first kappa shape index (κ1) is 20.0. The molecule has 28 heavy (non-hydrogen) atoms. The number of amides is 1. The molecule has 0 spiro atoms. The number of aromatic nitrogens is 2. The first-order valence-electron chi connectivity index (χ1n) is 9.36. The fourth-order valence-corrected chi connectivity index (χ4v) is 3.60. The quantitative estimate of drug-likeness (QED) is 0.614. The van der Waals surface area contributed by atoms with Gasteiger partial charge in [-0.05, 0) is 48.1 Å². The van der Waals surface area contributed by atoms with Crippen molar-refractivity contribution >= 4 is 17.4 Å². The van der Waals surface area contributed by atoms with Crippen molar-refractivity contribution in [3.05, 3.63) is 54.2 Å². The maximum atomic E-state index is 14.4. The largest absolute Gasteiger partial charge is 0.310 e. The molecule has 0 aliphatic carbocycles. The van der Waals surface area contributed by atoms with Gasteiger partial charge in [0.1, 0.15) is 28.8 Å². The number of halogens is 2. The summed E-state index contributed by atoms with van der Waals surface area (Å²) in [4.78, 5) is 17.1. The molecule has 1 unspecified atom stereocenters. The average Bonchev–Trinajstić information content (AvgIpc) is 2.93. The van der Waals surface area contributed by atoms with Crippen LogP contribution in [0.1, 0.15) is 40.5 Å². The maximum absolute atomic E-state index is 14.4. The van der Waals surface area contributed by atoms with Crippen LogP contribution in [0.4, 0.5) is 14.6 Å². The number of hydrogen-bond donors (Lipinski definition) is 1. The van der Waals surface area contributed by atoms with E-state index in [0.29, 0.717) is 17.9 Å². The van der Waals surface area contributed by atoms with Crippen molar-refractivity contribution in [1.29, 1.82) is 0 Å². The van der Waals surface area contributed by atoms with Gasteiger partial charge in [0.15, 0.2) is 0 Å². The molecule has 4 nitrogen and oxygen atoms in total. The van der Waals surface area contributed by atoms with E-state index in [4.69, 9.17) is 0 Å². The van der Waals surface area contributed by atoms with E-state index in [1.807, 2.05) is 6.92 Å². The van der Waals surface area contributed by atoms with Crippen molar-refractivity contribution in [1.82, 2.24) is 9.38 Å². The third kappa shape index (κ3) is 4.55. The van der Waals surface area contributed by atoms with Crippen LogP contribution in [-0.2, 0) is 4.79 Å². The summed E-state index contributed by atoms with van der Waals surface area (Å²) in [7, 11) is 0. The lowest BCUT2D eigenvalue weighted by molar-refractivity contribution is -0.117. The van der Waals surface area contributed by atoms with E-state index >= 15 is 0 Å². The van der Waals surface area contributed by atoms with E-state index < -0.39 is 11.6 Å². The summed E-state index contributed by atoms with van der Waals surface area (Å²) in [5.41, 5.74) is 0.889. The molecule has 1 atom stereocenters. The Hall–Kier alpha value is -2.76. The second-order valence-electron chi connectivity index (χ2n) is 8.48. The molecule has 1 N–H and O–H groups in total. The van der Waals surface area contributed by atoms with Crippen molar-refractivity contribution in [2.75, 3.05) is 5.32 Å². The Labute approximate surface area is 163 Å². The SMILES string of the molecule is CC(CC(=O)Nc1c(-c2cc(F)ccc2F)nc2ccccn12)CC(C)(C)C. The molecule has 0 bridgehead atoms. The van der Waals surface area contributed by atoms with Crippen LogP contribution in [0.15, 0.2) is 42.6 Å². The van der Waals surface area contributed by atoms with Gasteiger partial charge in [-0.1, -0.05) is 33.8 Å². The highest BCUT2D eigenvalue weighted by Gasteiger charge is 2.22. The van der Waals surface area contributed by atoms with Crippen LogP contribution >= 0.6 is 0 Å². The predicted octanol–water partition coefficient (Wildman–Crippen LogP) is 5.68. The Morgan fingerprint density at radius 1 is 1.21 bits per heavy atom. The summed E-state index contributed by atoms with van der Waals surface area (Å²) in [5.74, 6) is -0.812. The van der Waals surface area contributed by atoms with E-state index in [0.717, 1.165) is 24.6 Å². The molecule has 0 fully saturated rings. The van der Waals surface area contributed by atoms with Crippen molar-refractivity contribution in [3.8, 4) is 11.3 Å². The van der Waals surface area contributed by atoms with Gasteiger partial charge in [-0.2, -0.15) is 0 Å². The molecular formula is C22H25F2N3O. The summed E-state index contributed by atoms with van der Waals surface area (Å²) in [6.45, 7) is 8.44. The van der Waals surface area contributed by atoms with Crippen LogP contribution in [0.2, 0.25) is 0 Å². The minimum Gasteiger partial charge on any atom is -0.310 e. The smallest absolute Gasteiger partial charge is 0.225 e. The summed E-state index contributed by atoms with van der Waals surface area (Å²) in [6.07, 6.45) is 2.97. The third-order valence-corrected chi connectivity index (χ3v) is 4.47. The van der Waals surface area contributed by atoms with Gasteiger partial charge in [0, 0.05) is 18.2 Å². The van der Waals surface area contributed by atoms with Crippen molar-refractivity contribution in [2.24, 2.45) is 11.3 Å². The zero-order chi connectivity index (χ0) is 20.5. The standard InChI is InChI=1S/C22H25F2N3O/c1-14(13-22(2,3)4)11-19(28)26-21-20(16-12-15(23)8-9-17(16)24)25-18-7-5-6-10-27(18)21/h5-10,12,14H,11,13H2,1-4H3,(H,26,28). The number of fused-ring (bicyclic) bond motifs is 1. The molecule has 0 radical (unpaired) electrons. The Balaban J connectivity index is 1.96. The summed E-state index contributed by atoms with van der Waals surface area (Å²) in [5, 5.41) is 2.87. The number of nitrogens with one attached hydrogen (secondary N) is 1. The number of hydrogen-bond acceptors (Lipinski definition) is 2. The molecule has 0 saturated carbocycles. The molecule has 1 amide bonds. The van der Waals surface area contributed by atoms with Crippen molar-refractivity contribution in [3.63, 3.8) is 0 Å². The molecule has 2 aromatic heterocycles. The van der Waals surface area contributed by atoms with Crippen LogP contribution in [0, 0.1) is 23.0 Å². The van der Waals surface area contributed by atoms with E-state index in [1.165, 1.54) is 0 Å². The molecule has 0 saturated heterocycles. The first-order valence-corrected chi connectivity index (χ1v) is 9.36. The van der Waals surface area contributed by atoms with Gasteiger partial charge in [-0.25, -0.2) is 13.8 Å². The Kier molecular flexibility index (Phi) is 5.49. The zero-order valence-corrected chi connectivity index (χ0v) is 16.6. The second kappa shape index (κ2) is 7.70. The molecule has 1 aromatic carbocycles. The Morgan fingerprint density at radius 3 is 2.68 bits per heavy atom. The molecule has 3 aromatic rings. The highest BCUT2D eigenvalue weighted by Crippen LogP contribution is 2.32. The summed E-state index contributed by atoms with van der Waals surface area (Å²) in [6, 6.07) is 8.55. The highest BCUT2D eigenvalue weighted by molar-refractivity contribution is 5.94. The van der Waals surface area contributed by atoms with Gasteiger partial charge in [-0.15, -0.1) is 0 Å². The number of anilines is 1. The maximum Gasteiger partial charge on any atom is 0.225 e. The van der Waals surface area contributed by atoms with Gasteiger partial charge >= 0.3 is 0 Å². The number of carbonyl (C=O) groups excluding carboxylic acids is 1. The highest BCUT2D eigenvalue weighted by atomic mass is 19.1. The van der Waals surface area contributed by atoms with E-state index in [1.54, 1.807) is 28.8 Å². The van der Waals surface area contributed by atoms with Crippen molar-refractivity contribution in [2.45, 2.75) is 40.5 Å². The molecule has 148 valence electrons. The number of nitrogens with zero attached hydrogens (tertiary/aromatic N) is 2. The fourth-order valence-electron chi connectivity index (χ4n) is 3.60. The minimum absolute atomic E-state index is 0.0155. The number of imidazole rings is 1. The predicted molar refractivity (Wildman–Crippen MR) is 107 cm³/mol. The fraction of sp³-hybridized carbons (Fsp3) is 0.364. The average molecular weight is 385 g/mol. The molecule has 0 aliphatic heterocycles. The molecular weight excluding hydrogens is 360 g/mol. The zero-order valence-electron chi connectivity index (χ0n) is 16.6. The molecule has 6 heteroatoms. The monoisotopic (exact) mass is 385 g/mol.